The maximum Gasteiger partial charge on any atom is 0.259 e. The van der Waals surface area contributed by atoms with Crippen molar-refractivity contribution in [1.29, 1.82) is 0 Å². The van der Waals surface area contributed by atoms with E-state index in [1.54, 1.807) is 0 Å². The zero-order valence-corrected chi connectivity index (χ0v) is 13.9. The summed E-state index contributed by atoms with van der Waals surface area (Å²) < 4.78 is 21.9. The zero-order chi connectivity index (χ0) is 16.5. The summed E-state index contributed by atoms with van der Waals surface area (Å²) in [6.07, 6.45) is 8.29. The predicted molar refractivity (Wildman–Crippen MR) is 98.4 cm³/mol. The maximum atomic E-state index is 10.7. The average Bonchev–Trinajstić information content (AvgIpc) is 2.57. The second-order valence-electron chi connectivity index (χ2n) is 5.16. The predicted octanol–water partition coefficient (Wildman–Crippen LogP) is 4.83. The quantitative estimate of drug-likeness (QED) is 0.565. The van der Waals surface area contributed by atoms with Crippen LogP contribution in [0.25, 0.3) is 6.08 Å². The monoisotopic (exact) mass is 327 g/mol. The minimum absolute atomic E-state index is 0.643. The third-order valence-electron chi connectivity index (χ3n) is 3.52. The molecule has 0 amide bonds. The zero-order valence-electron chi connectivity index (χ0n) is 13.1. The molecule has 1 atom stereocenters. The van der Waals surface area contributed by atoms with Crippen LogP contribution in [-0.4, -0.2) is 8.76 Å². The number of hydrogen-bond donors (Lipinski definition) is 2. The van der Waals surface area contributed by atoms with Crippen LogP contribution in [0.2, 0.25) is 0 Å². The van der Waals surface area contributed by atoms with Gasteiger partial charge in [-0.25, -0.2) is 4.21 Å². The van der Waals surface area contributed by atoms with E-state index in [0.717, 1.165) is 12.8 Å². The molecule has 0 aromatic heterocycles. The van der Waals surface area contributed by atoms with Crippen molar-refractivity contribution in [1.82, 2.24) is 0 Å². The molecule has 0 spiro atoms. The Labute approximate surface area is 140 Å². The van der Waals surface area contributed by atoms with Crippen molar-refractivity contribution in [2.24, 2.45) is 0 Å². The molecule has 0 aliphatic heterocycles. The van der Waals surface area contributed by atoms with Crippen LogP contribution in [0.5, 0.6) is 0 Å². The maximum absolute atomic E-state index is 10.7. The van der Waals surface area contributed by atoms with Gasteiger partial charge in [-0.3, -0.25) is 9.27 Å². The first kappa shape index (κ1) is 17.2. The summed E-state index contributed by atoms with van der Waals surface area (Å²) >= 11 is -2.02. The highest BCUT2D eigenvalue weighted by molar-refractivity contribution is 7.80. The van der Waals surface area contributed by atoms with Crippen molar-refractivity contribution in [3.05, 3.63) is 83.4 Å². The van der Waals surface area contributed by atoms with E-state index in [9.17, 15) is 4.21 Å². The molecule has 0 saturated carbocycles. The van der Waals surface area contributed by atoms with E-state index in [4.69, 9.17) is 4.55 Å². The molecular formula is C19H21NO2S. The average molecular weight is 327 g/mol. The molecule has 0 bridgehead atoms. The number of benzene rings is 2. The molecule has 4 heteroatoms. The molecule has 2 N–H and O–H groups in total. The summed E-state index contributed by atoms with van der Waals surface area (Å²) in [7, 11) is 0. The fraction of sp³-hybridized carbons (Fsp3) is 0.158. The first-order valence-corrected chi connectivity index (χ1v) is 8.63. The van der Waals surface area contributed by atoms with Crippen molar-refractivity contribution >= 4 is 23.0 Å². The molecule has 2 aromatic carbocycles. The van der Waals surface area contributed by atoms with Gasteiger partial charge in [0.1, 0.15) is 0 Å². The smallest absolute Gasteiger partial charge is 0.259 e. The van der Waals surface area contributed by atoms with E-state index in [1.807, 2.05) is 49.4 Å². The van der Waals surface area contributed by atoms with Crippen molar-refractivity contribution in [2.45, 2.75) is 19.8 Å². The van der Waals surface area contributed by atoms with Crippen molar-refractivity contribution in [2.75, 3.05) is 4.72 Å². The van der Waals surface area contributed by atoms with Crippen molar-refractivity contribution in [3.63, 3.8) is 0 Å². The Bertz CT molecular complexity index is 691. The van der Waals surface area contributed by atoms with Gasteiger partial charge in [0.05, 0.1) is 0 Å². The third-order valence-corrected chi connectivity index (χ3v) is 3.93. The molecule has 120 valence electrons. The van der Waals surface area contributed by atoms with Gasteiger partial charge in [-0.15, -0.1) is 0 Å². The molecule has 0 radical (unpaired) electrons. The minimum atomic E-state index is -2.02. The van der Waals surface area contributed by atoms with Gasteiger partial charge in [-0.1, -0.05) is 66.3 Å². The largest absolute Gasteiger partial charge is 0.289 e. The van der Waals surface area contributed by atoms with Crippen LogP contribution in [0.15, 0.2) is 72.3 Å². The topological polar surface area (TPSA) is 49.3 Å². The molecule has 3 nitrogen and oxygen atoms in total. The third kappa shape index (κ3) is 6.22. The lowest BCUT2D eigenvalue weighted by Crippen LogP contribution is -2.01. The van der Waals surface area contributed by atoms with Gasteiger partial charge < -0.3 is 0 Å². The number of anilines is 1. The van der Waals surface area contributed by atoms with E-state index < -0.39 is 11.3 Å². The first-order chi connectivity index (χ1) is 11.2. The Morgan fingerprint density at radius 2 is 1.83 bits per heavy atom. The van der Waals surface area contributed by atoms with Crippen LogP contribution in [0.4, 0.5) is 5.69 Å². The van der Waals surface area contributed by atoms with Gasteiger partial charge in [0.15, 0.2) is 0 Å². The van der Waals surface area contributed by atoms with Crippen LogP contribution in [-0.2, 0) is 17.7 Å². The molecular weight excluding hydrogens is 306 g/mol. The second-order valence-corrected chi connectivity index (χ2v) is 5.86. The summed E-state index contributed by atoms with van der Waals surface area (Å²) in [5.41, 5.74) is 4.32. The molecule has 0 aliphatic rings. The van der Waals surface area contributed by atoms with Crippen LogP contribution < -0.4 is 4.72 Å². The van der Waals surface area contributed by atoms with Crippen molar-refractivity contribution in [3.8, 4) is 0 Å². The summed E-state index contributed by atoms with van der Waals surface area (Å²) in [5, 5.41) is 0. The second kappa shape index (κ2) is 9.08. The van der Waals surface area contributed by atoms with Crippen LogP contribution in [0.3, 0.4) is 0 Å². The number of hydrogen-bond acceptors (Lipinski definition) is 1. The van der Waals surface area contributed by atoms with E-state index in [-0.39, 0.29) is 0 Å². The van der Waals surface area contributed by atoms with Gasteiger partial charge in [-0.05, 0) is 43.0 Å². The normalized spacial score (nSPS) is 13.2. The van der Waals surface area contributed by atoms with E-state index >= 15 is 0 Å². The molecule has 0 saturated heterocycles. The summed E-state index contributed by atoms with van der Waals surface area (Å²) in [6, 6.07) is 17.8. The molecule has 2 aromatic rings. The number of nitrogens with one attached hydrogen (secondary N) is 1. The van der Waals surface area contributed by atoms with E-state index in [0.29, 0.717) is 5.69 Å². The lowest BCUT2D eigenvalue weighted by atomic mass is 10.0. The summed E-state index contributed by atoms with van der Waals surface area (Å²) in [6.45, 7) is 2.05. The standard InChI is InChI=1S/C19H21NO2S/c1-2-16(8-10-17-6-4-3-5-7-17)9-11-18-12-14-19(15-13-18)20-23(21)22/h2-8,10,12-15,20H,9,11H2,1H3,(H,21,22). The molecule has 23 heavy (non-hydrogen) atoms. The molecule has 0 fully saturated rings. The Kier molecular flexibility index (Phi) is 6.78. The Hall–Kier alpha value is -2.17. The van der Waals surface area contributed by atoms with Gasteiger partial charge in [-0.2, -0.15) is 0 Å². The van der Waals surface area contributed by atoms with Gasteiger partial charge in [0.2, 0.25) is 0 Å². The lowest BCUT2D eigenvalue weighted by molar-refractivity contribution is 0.570. The first-order valence-electron chi connectivity index (χ1n) is 7.52. The van der Waals surface area contributed by atoms with Gasteiger partial charge in [0, 0.05) is 5.69 Å². The highest BCUT2D eigenvalue weighted by atomic mass is 32.2. The molecule has 2 rings (SSSR count). The number of allylic oxidation sites excluding steroid dienone is 3. The Morgan fingerprint density at radius 1 is 1.13 bits per heavy atom. The molecule has 0 heterocycles. The van der Waals surface area contributed by atoms with Crippen LogP contribution in [0, 0.1) is 0 Å². The van der Waals surface area contributed by atoms with E-state index in [1.165, 1.54) is 16.7 Å². The van der Waals surface area contributed by atoms with Crippen molar-refractivity contribution < 1.29 is 8.76 Å². The Morgan fingerprint density at radius 3 is 2.43 bits per heavy atom. The highest BCUT2D eigenvalue weighted by Gasteiger charge is 1.99. The van der Waals surface area contributed by atoms with Crippen LogP contribution in [0.1, 0.15) is 24.5 Å². The molecule has 1 unspecified atom stereocenters. The number of rotatable bonds is 7. The van der Waals surface area contributed by atoms with Crippen LogP contribution >= 0.6 is 0 Å². The lowest BCUT2D eigenvalue weighted by Gasteiger charge is -2.05. The van der Waals surface area contributed by atoms with Gasteiger partial charge >= 0.3 is 0 Å². The SMILES string of the molecule is CC=C(C=Cc1ccccc1)CCc1ccc(NS(=O)O)cc1. The minimum Gasteiger partial charge on any atom is -0.289 e. The summed E-state index contributed by atoms with van der Waals surface area (Å²) in [4.78, 5) is 0. The fourth-order valence-electron chi connectivity index (χ4n) is 2.22. The van der Waals surface area contributed by atoms with Gasteiger partial charge in [0.25, 0.3) is 11.3 Å². The molecule has 0 aliphatic carbocycles. The number of aryl methyl sites for hydroxylation is 1. The Balaban J connectivity index is 1.90. The fourth-order valence-corrected chi connectivity index (χ4v) is 2.56. The summed E-state index contributed by atoms with van der Waals surface area (Å²) in [5.74, 6) is 0. The highest BCUT2D eigenvalue weighted by Crippen LogP contribution is 2.15. The van der Waals surface area contributed by atoms with E-state index in [2.05, 4.69) is 35.1 Å².